The molecule has 23 heavy (non-hydrogen) atoms. The number of carbonyl (C=O) groups excluding carboxylic acids is 1. The van der Waals surface area contributed by atoms with Crippen LogP contribution in [0.5, 0.6) is 0 Å². The topological polar surface area (TPSA) is 33.2 Å². The summed E-state index contributed by atoms with van der Waals surface area (Å²) in [5, 5.41) is 0. The maximum atomic E-state index is 13.1. The van der Waals surface area contributed by atoms with Crippen LogP contribution in [0.2, 0.25) is 0 Å². The average molecular weight is 306 g/mol. The summed E-state index contributed by atoms with van der Waals surface area (Å²) < 4.78 is 0. The number of likely N-dealkylation sites (tertiary alicyclic amines) is 1. The first-order valence-corrected chi connectivity index (χ1v) is 8.47. The van der Waals surface area contributed by atoms with Crippen molar-refractivity contribution in [3.8, 4) is 11.3 Å². The molecular formula is C20H22N2O. The van der Waals surface area contributed by atoms with Crippen molar-refractivity contribution in [2.24, 2.45) is 5.92 Å². The number of carbonyl (C=O) groups is 1. The summed E-state index contributed by atoms with van der Waals surface area (Å²) in [4.78, 5) is 19.7. The van der Waals surface area contributed by atoms with Crippen LogP contribution in [-0.4, -0.2) is 28.4 Å². The fraction of sp³-hybridized carbons (Fsp3) is 0.400. The summed E-state index contributed by atoms with van der Waals surface area (Å²) in [7, 11) is 0. The number of aromatic nitrogens is 1. The molecule has 0 radical (unpaired) electrons. The van der Waals surface area contributed by atoms with E-state index in [0.717, 1.165) is 29.8 Å². The molecule has 4 rings (SSSR count). The van der Waals surface area contributed by atoms with Gasteiger partial charge in [-0.05, 0) is 68.4 Å². The number of amides is 1. The largest absolute Gasteiger partial charge is 0.335 e. The van der Waals surface area contributed by atoms with Crippen LogP contribution in [0.15, 0.2) is 36.5 Å². The van der Waals surface area contributed by atoms with Crippen molar-refractivity contribution < 1.29 is 4.79 Å². The Kier molecular flexibility index (Phi) is 3.44. The van der Waals surface area contributed by atoms with Crippen LogP contribution in [0.1, 0.15) is 40.7 Å². The molecular weight excluding hydrogens is 284 g/mol. The molecule has 0 N–H and O–H groups in total. The summed E-state index contributed by atoms with van der Waals surface area (Å²) in [5.41, 5.74) is 5.06. The van der Waals surface area contributed by atoms with Crippen molar-refractivity contribution in [2.45, 2.75) is 39.2 Å². The zero-order chi connectivity index (χ0) is 16.0. The van der Waals surface area contributed by atoms with Gasteiger partial charge < -0.3 is 4.90 Å². The van der Waals surface area contributed by atoms with Crippen molar-refractivity contribution >= 4 is 5.91 Å². The summed E-state index contributed by atoms with van der Waals surface area (Å²) in [6.07, 6.45) is 5.41. The van der Waals surface area contributed by atoms with Gasteiger partial charge in [-0.15, -0.1) is 0 Å². The number of pyridine rings is 1. The van der Waals surface area contributed by atoms with E-state index >= 15 is 0 Å². The van der Waals surface area contributed by atoms with E-state index in [4.69, 9.17) is 0 Å². The summed E-state index contributed by atoms with van der Waals surface area (Å²) in [5.74, 6) is 0.865. The van der Waals surface area contributed by atoms with E-state index in [9.17, 15) is 4.79 Å². The highest BCUT2D eigenvalue weighted by molar-refractivity contribution is 6.00. The molecule has 1 aliphatic heterocycles. The lowest BCUT2D eigenvalue weighted by Gasteiger charge is -2.27. The first kappa shape index (κ1) is 14.4. The summed E-state index contributed by atoms with van der Waals surface area (Å²) in [6, 6.07) is 10.5. The van der Waals surface area contributed by atoms with Crippen LogP contribution < -0.4 is 0 Å². The zero-order valence-electron chi connectivity index (χ0n) is 13.7. The molecule has 1 saturated carbocycles. The van der Waals surface area contributed by atoms with Gasteiger partial charge >= 0.3 is 0 Å². The molecule has 2 aliphatic rings. The van der Waals surface area contributed by atoms with Gasteiger partial charge in [0.2, 0.25) is 0 Å². The van der Waals surface area contributed by atoms with Crippen molar-refractivity contribution in [1.82, 2.24) is 9.88 Å². The maximum absolute atomic E-state index is 13.1. The van der Waals surface area contributed by atoms with E-state index in [0.29, 0.717) is 12.0 Å². The molecule has 1 amide bonds. The molecule has 2 fully saturated rings. The van der Waals surface area contributed by atoms with E-state index < -0.39 is 0 Å². The fourth-order valence-electron chi connectivity index (χ4n) is 4.02. The Morgan fingerprint density at radius 1 is 1.17 bits per heavy atom. The quantitative estimate of drug-likeness (QED) is 0.840. The summed E-state index contributed by atoms with van der Waals surface area (Å²) in [6.45, 7) is 5.12. The predicted octanol–water partition coefficient (Wildman–Crippen LogP) is 3.99. The Balaban J connectivity index is 1.72. The third-order valence-corrected chi connectivity index (χ3v) is 5.49. The molecule has 0 spiro atoms. The van der Waals surface area contributed by atoms with Crippen LogP contribution in [0.25, 0.3) is 11.3 Å². The molecule has 1 aromatic carbocycles. The minimum Gasteiger partial charge on any atom is -0.335 e. The Morgan fingerprint density at radius 3 is 2.74 bits per heavy atom. The standard InChI is InChI=1S/C20H22N2O/c1-13-5-7-16(10-14(13)2)19-18(4-3-9-21-19)20(23)22-12-15-6-8-17(22)11-15/h3-5,7,9-10,15,17H,6,8,11-12H2,1-2H3/t15-,17+/m0/s1. The molecule has 3 heteroatoms. The summed E-state index contributed by atoms with van der Waals surface area (Å²) >= 11 is 0. The van der Waals surface area contributed by atoms with Crippen molar-refractivity contribution in [2.75, 3.05) is 6.54 Å². The zero-order valence-corrected chi connectivity index (χ0v) is 13.7. The lowest BCUT2D eigenvalue weighted by molar-refractivity contribution is 0.0704. The molecule has 2 heterocycles. The fourth-order valence-corrected chi connectivity index (χ4v) is 4.02. The van der Waals surface area contributed by atoms with Gasteiger partial charge in [-0.3, -0.25) is 9.78 Å². The Hall–Kier alpha value is -2.16. The number of piperidine rings is 1. The molecule has 1 aromatic heterocycles. The second-order valence-corrected chi connectivity index (χ2v) is 6.99. The van der Waals surface area contributed by atoms with Gasteiger partial charge in [0, 0.05) is 24.3 Å². The lowest BCUT2D eigenvalue weighted by atomic mass is 10.00. The van der Waals surface area contributed by atoms with E-state index in [-0.39, 0.29) is 5.91 Å². The molecule has 3 nitrogen and oxygen atoms in total. The van der Waals surface area contributed by atoms with Gasteiger partial charge in [-0.2, -0.15) is 0 Å². The third kappa shape index (κ3) is 2.44. The molecule has 0 unspecified atom stereocenters. The smallest absolute Gasteiger partial charge is 0.256 e. The normalized spacial score (nSPS) is 22.6. The number of rotatable bonds is 2. The van der Waals surface area contributed by atoms with Crippen LogP contribution in [0.3, 0.4) is 0 Å². The van der Waals surface area contributed by atoms with Gasteiger partial charge in [-0.25, -0.2) is 0 Å². The number of hydrogen-bond acceptors (Lipinski definition) is 2. The SMILES string of the molecule is Cc1ccc(-c2ncccc2C(=O)N2C[C@H]3CC[C@@H]2C3)cc1C. The highest BCUT2D eigenvalue weighted by atomic mass is 16.2. The number of hydrogen-bond donors (Lipinski definition) is 0. The molecule has 2 atom stereocenters. The molecule has 2 aromatic rings. The number of aryl methyl sites for hydroxylation is 2. The van der Waals surface area contributed by atoms with Gasteiger partial charge in [-0.1, -0.05) is 12.1 Å². The van der Waals surface area contributed by atoms with Gasteiger partial charge in [0.25, 0.3) is 5.91 Å². The Bertz CT molecular complexity index is 768. The molecule has 1 saturated heterocycles. The van der Waals surface area contributed by atoms with E-state index in [2.05, 4.69) is 41.9 Å². The van der Waals surface area contributed by atoms with Crippen LogP contribution in [0.4, 0.5) is 0 Å². The molecule has 2 bridgehead atoms. The van der Waals surface area contributed by atoms with Crippen molar-refractivity contribution in [3.63, 3.8) is 0 Å². The van der Waals surface area contributed by atoms with Crippen LogP contribution in [-0.2, 0) is 0 Å². The van der Waals surface area contributed by atoms with Crippen molar-refractivity contribution in [1.29, 1.82) is 0 Å². The second kappa shape index (κ2) is 5.48. The highest BCUT2D eigenvalue weighted by Crippen LogP contribution is 2.38. The van der Waals surface area contributed by atoms with E-state index in [1.165, 1.54) is 24.0 Å². The minimum atomic E-state index is 0.151. The monoisotopic (exact) mass is 306 g/mol. The first-order chi connectivity index (χ1) is 11.1. The van der Waals surface area contributed by atoms with Gasteiger partial charge in [0.05, 0.1) is 11.3 Å². The molecule has 118 valence electrons. The molecule has 1 aliphatic carbocycles. The average Bonchev–Trinajstić information content (AvgIpc) is 3.20. The first-order valence-electron chi connectivity index (χ1n) is 8.47. The van der Waals surface area contributed by atoms with Crippen molar-refractivity contribution in [3.05, 3.63) is 53.2 Å². The van der Waals surface area contributed by atoms with Gasteiger partial charge in [0.15, 0.2) is 0 Å². The van der Waals surface area contributed by atoms with E-state index in [1.807, 2.05) is 12.1 Å². The second-order valence-electron chi connectivity index (χ2n) is 6.99. The van der Waals surface area contributed by atoms with Gasteiger partial charge in [0.1, 0.15) is 0 Å². The number of nitrogens with zero attached hydrogens (tertiary/aromatic N) is 2. The lowest BCUT2D eigenvalue weighted by Crippen LogP contribution is -2.37. The number of benzene rings is 1. The van der Waals surface area contributed by atoms with Crippen LogP contribution in [0, 0.1) is 19.8 Å². The number of fused-ring (bicyclic) bond motifs is 2. The predicted molar refractivity (Wildman–Crippen MR) is 91.3 cm³/mol. The Morgan fingerprint density at radius 2 is 2.04 bits per heavy atom. The third-order valence-electron chi connectivity index (χ3n) is 5.49. The maximum Gasteiger partial charge on any atom is 0.256 e. The van der Waals surface area contributed by atoms with E-state index in [1.54, 1.807) is 6.20 Å². The highest BCUT2D eigenvalue weighted by Gasteiger charge is 2.40. The Labute approximate surface area is 137 Å². The van der Waals surface area contributed by atoms with Crippen LogP contribution >= 0.6 is 0 Å². The minimum absolute atomic E-state index is 0.151.